The lowest BCUT2D eigenvalue weighted by atomic mass is 10.1. The first-order valence-corrected chi connectivity index (χ1v) is 11.2. The highest BCUT2D eigenvalue weighted by Gasteiger charge is 2.24. The summed E-state index contributed by atoms with van der Waals surface area (Å²) in [6.45, 7) is 3.13. The fraction of sp³-hybridized carbons (Fsp3) is 0.318. The summed E-state index contributed by atoms with van der Waals surface area (Å²) in [5, 5.41) is 9.27. The van der Waals surface area contributed by atoms with Crippen LogP contribution in [0.4, 0.5) is 0 Å². The van der Waals surface area contributed by atoms with Crippen LogP contribution in [0.5, 0.6) is 11.5 Å². The molecular formula is C22H24O6S. The van der Waals surface area contributed by atoms with Crippen molar-refractivity contribution in [1.82, 2.24) is 0 Å². The van der Waals surface area contributed by atoms with E-state index in [1.165, 1.54) is 12.1 Å². The van der Waals surface area contributed by atoms with Gasteiger partial charge in [-0.25, -0.2) is 13.2 Å². The van der Waals surface area contributed by atoms with Crippen molar-refractivity contribution in [1.29, 1.82) is 0 Å². The van der Waals surface area contributed by atoms with Crippen molar-refractivity contribution >= 4 is 21.9 Å². The maximum Gasteiger partial charge on any atom is 0.331 e. The molecule has 0 aliphatic carbocycles. The Morgan fingerprint density at radius 2 is 1.83 bits per heavy atom. The standard InChI is InChI=1S/C22H24O6S/c1-2-10-27-19-5-3-4-16(13-19)8-11-28-20-6-7-21-18(15-20)14-17(22(23)24)9-12-29(21,25)26/h3-7,13-15H,2,8-12H2,1H3,(H,23,24). The molecular weight excluding hydrogens is 392 g/mol. The molecule has 1 aliphatic heterocycles. The van der Waals surface area contributed by atoms with Gasteiger partial charge in [-0.15, -0.1) is 0 Å². The topological polar surface area (TPSA) is 89.9 Å². The highest BCUT2D eigenvalue weighted by Crippen LogP contribution is 2.29. The second kappa shape index (κ2) is 9.13. The Morgan fingerprint density at radius 3 is 2.59 bits per heavy atom. The first kappa shape index (κ1) is 20.9. The first-order valence-electron chi connectivity index (χ1n) is 9.54. The van der Waals surface area contributed by atoms with E-state index in [0.717, 1.165) is 17.7 Å². The maximum absolute atomic E-state index is 12.4. The molecule has 0 saturated carbocycles. The zero-order valence-corrected chi connectivity index (χ0v) is 17.1. The first-order chi connectivity index (χ1) is 13.9. The van der Waals surface area contributed by atoms with Crippen LogP contribution in [-0.4, -0.2) is 38.5 Å². The molecule has 7 heteroatoms. The van der Waals surface area contributed by atoms with Crippen LogP contribution in [-0.2, 0) is 21.1 Å². The van der Waals surface area contributed by atoms with Crippen LogP contribution in [0, 0.1) is 0 Å². The molecule has 154 valence electrons. The van der Waals surface area contributed by atoms with Gasteiger partial charge in [0.25, 0.3) is 0 Å². The molecule has 2 aromatic carbocycles. The summed E-state index contributed by atoms with van der Waals surface area (Å²) in [7, 11) is -3.52. The largest absolute Gasteiger partial charge is 0.494 e. The molecule has 0 radical (unpaired) electrons. The number of benzene rings is 2. The Hall–Kier alpha value is -2.80. The van der Waals surface area contributed by atoms with Crippen molar-refractivity contribution in [3.8, 4) is 11.5 Å². The van der Waals surface area contributed by atoms with E-state index in [1.54, 1.807) is 12.1 Å². The number of carboxylic acid groups (broad SMARTS) is 1. The summed E-state index contributed by atoms with van der Waals surface area (Å²) < 4.78 is 36.2. The van der Waals surface area contributed by atoms with E-state index in [0.29, 0.717) is 30.9 Å². The van der Waals surface area contributed by atoms with E-state index in [-0.39, 0.29) is 22.6 Å². The molecule has 1 N–H and O–H groups in total. The van der Waals surface area contributed by atoms with Gasteiger partial charge in [-0.3, -0.25) is 0 Å². The average molecular weight is 416 g/mol. The minimum Gasteiger partial charge on any atom is -0.494 e. The Kier molecular flexibility index (Phi) is 6.59. The third-order valence-corrected chi connectivity index (χ3v) is 6.38. The van der Waals surface area contributed by atoms with Crippen molar-refractivity contribution in [3.63, 3.8) is 0 Å². The van der Waals surface area contributed by atoms with E-state index >= 15 is 0 Å². The van der Waals surface area contributed by atoms with Gasteiger partial charge in [0.2, 0.25) is 0 Å². The molecule has 0 atom stereocenters. The van der Waals surface area contributed by atoms with Gasteiger partial charge in [0, 0.05) is 12.0 Å². The lowest BCUT2D eigenvalue weighted by Gasteiger charge is -2.11. The quantitative estimate of drug-likeness (QED) is 0.705. The fourth-order valence-electron chi connectivity index (χ4n) is 3.09. The third kappa shape index (κ3) is 5.38. The van der Waals surface area contributed by atoms with Gasteiger partial charge in [-0.2, -0.15) is 0 Å². The zero-order chi connectivity index (χ0) is 20.9. The molecule has 0 fully saturated rings. The van der Waals surface area contributed by atoms with E-state index in [2.05, 4.69) is 6.92 Å². The molecule has 0 spiro atoms. The number of carbonyl (C=O) groups is 1. The fourth-order valence-corrected chi connectivity index (χ4v) is 4.55. The van der Waals surface area contributed by atoms with Crippen molar-refractivity contribution in [2.24, 2.45) is 0 Å². The number of fused-ring (bicyclic) bond motifs is 1. The molecule has 3 rings (SSSR count). The van der Waals surface area contributed by atoms with Gasteiger partial charge in [0.1, 0.15) is 11.5 Å². The smallest absolute Gasteiger partial charge is 0.331 e. The number of rotatable bonds is 8. The van der Waals surface area contributed by atoms with E-state index in [9.17, 15) is 18.3 Å². The number of aliphatic carboxylic acids is 1. The molecule has 1 heterocycles. The number of hydrogen-bond acceptors (Lipinski definition) is 5. The molecule has 0 amide bonds. The number of carboxylic acids is 1. The summed E-state index contributed by atoms with van der Waals surface area (Å²) >= 11 is 0. The Bertz CT molecular complexity index is 1020. The molecule has 0 saturated heterocycles. The van der Waals surface area contributed by atoms with Crippen molar-refractivity contribution in [2.75, 3.05) is 19.0 Å². The summed E-state index contributed by atoms with van der Waals surface area (Å²) in [6.07, 6.45) is 3.01. The maximum atomic E-state index is 12.4. The third-order valence-electron chi connectivity index (χ3n) is 4.59. The van der Waals surface area contributed by atoms with Crippen molar-refractivity contribution < 1.29 is 27.8 Å². The molecule has 29 heavy (non-hydrogen) atoms. The molecule has 0 aromatic heterocycles. The highest BCUT2D eigenvalue weighted by molar-refractivity contribution is 7.91. The SMILES string of the molecule is CCCOc1cccc(CCOc2ccc3c(c2)C=C(C(=O)O)CCS3(=O)=O)c1. The minimum atomic E-state index is -3.52. The summed E-state index contributed by atoms with van der Waals surface area (Å²) in [4.78, 5) is 11.5. The monoisotopic (exact) mass is 416 g/mol. The molecule has 6 nitrogen and oxygen atoms in total. The lowest BCUT2D eigenvalue weighted by molar-refractivity contribution is -0.132. The van der Waals surface area contributed by atoms with Gasteiger partial charge in [0.05, 0.1) is 23.9 Å². The van der Waals surface area contributed by atoms with Crippen molar-refractivity contribution in [2.45, 2.75) is 31.1 Å². The predicted octanol–water partition coefficient (Wildman–Crippen LogP) is 3.74. The molecule has 2 aromatic rings. The highest BCUT2D eigenvalue weighted by atomic mass is 32.2. The minimum absolute atomic E-state index is 0.0149. The molecule has 0 unspecified atom stereocenters. The Morgan fingerprint density at radius 1 is 1.07 bits per heavy atom. The molecule has 1 aliphatic rings. The van der Waals surface area contributed by atoms with Gasteiger partial charge < -0.3 is 14.6 Å². The number of hydrogen-bond donors (Lipinski definition) is 1. The van der Waals surface area contributed by atoms with Gasteiger partial charge >= 0.3 is 5.97 Å². The van der Waals surface area contributed by atoms with Crippen LogP contribution in [0.2, 0.25) is 0 Å². The van der Waals surface area contributed by atoms with Crippen LogP contribution in [0.25, 0.3) is 6.08 Å². The van der Waals surface area contributed by atoms with Gasteiger partial charge in [0.15, 0.2) is 9.84 Å². The number of ether oxygens (including phenoxy) is 2. The van der Waals surface area contributed by atoms with E-state index < -0.39 is 15.8 Å². The van der Waals surface area contributed by atoms with E-state index in [4.69, 9.17) is 9.47 Å². The van der Waals surface area contributed by atoms with Crippen molar-refractivity contribution in [3.05, 3.63) is 59.2 Å². The second-order valence-corrected chi connectivity index (χ2v) is 8.92. The summed E-state index contributed by atoms with van der Waals surface area (Å²) in [6, 6.07) is 12.5. The van der Waals surface area contributed by atoms with Gasteiger partial charge in [-0.05, 0) is 60.4 Å². The van der Waals surface area contributed by atoms with Crippen LogP contribution in [0.3, 0.4) is 0 Å². The zero-order valence-electron chi connectivity index (χ0n) is 16.3. The van der Waals surface area contributed by atoms with Crippen LogP contribution < -0.4 is 9.47 Å². The Labute approximate surface area is 170 Å². The summed E-state index contributed by atoms with van der Waals surface area (Å²) in [5.74, 6) is 0.00473. The average Bonchev–Trinajstić information content (AvgIpc) is 2.82. The molecule has 0 bridgehead atoms. The normalized spacial score (nSPS) is 15.0. The van der Waals surface area contributed by atoms with Crippen LogP contribution in [0.1, 0.15) is 30.9 Å². The van der Waals surface area contributed by atoms with Crippen LogP contribution >= 0.6 is 0 Å². The number of sulfone groups is 1. The Balaban J connectivity index is 1.71. The predicted molar refractivity (Wildman–Crippen MR) is 110 cm³/mol. The van der Waals surface area contributed by atoms with Crippen LogP contribution in [0.15, 0.2) is 52.9 Å². The van der Waals surface area contributed by atoms with E-state index in [1.807, 2.05) is 24.3 Å². The lowest BCUT2D eigenvalue weighted by Crippen LogP contribution is -2.09. The van der Waals surface area contributed by atoms with Gasteiger partial charge in [-0.1, -0.05) is 19.1 Å². The second-order valence-electron chi connectivity index (χ2n) is 6.84. The summed E-state index contributed by atoms with van der Waals surface area (Å²) in [5.41, 5.74) is 1.50.